The molecule has 2 rings (SSSR count). The Morgan fingerprint density at radius 3 is 2.89 bits per heavy atom. The number of fused-ring (bicyclic) bond motifs is 1. The number of halogens is 2. The van der Waals surface area contributed by atoms with Crippen molar-refractivity contribution in [1.29, 1.82) is 0 Å². The maximum atomic E-state index is 12.6. The van der Waals surface area contributed by atoms with Crippen molar-refractivity contribution in [3.05, 3.63) is 18.1 Å². The highest BCUT2D eigenvalue weighted by molar-refractivity contribution is 5.47. The molecule has 0 aliphatic heterocycles. The summed E-state index contributed by atoms with van der Waals surface area (Å²) >= 11 is 0. The predicted octanol–water partition coefficient (Wildman–Crippen LogP) is 1.91. The van der Waals surface area contributed by atoms with Crippen LogP contribution in [0.2, 0.25) is 0 Å². The molecule has 0 radical (unpaired) electrons. The Morgan fingerprint density at radius 1 is 1.44 bits per heavy atom. The van der Waals surface area contributed by atoms with Gasteiger partial charge < -0.3 is 4.90 Å². The van der Waals surface area contributed by atoms with Crippen LogP contribution in [0.5, 0.6) is 0 Å². The Hall–Kier alpha value is -1.79. The van der Waals surface area contributed by atoms with Gasteiger partial charge >= 0.3 is 0 Å². The number of nitrogens with zero attached hydrogens (tertiary/aromatic N) is 5. The Kier molecular flexibility index (Phi) is 3.69. The summed E-state index contributed by atoms with van der Waals surface area (Å²) in [5.41, 5.74) is 0.737. The van der Waals surface area contributed by atoms with Crippen LogP contribution in [0, 0.1) is 6.92 Å². The zero-order chi connectivity index (χ0) is 13.1. The highest BCUT2D eigenvalue weighted by Crippen LogP contribution is 2.17. The van der Waals surface area contributed by atoms with E-state index in [0.717, 1.165) is 12.1 Å². The highest BCUT2D eigenvalue weighted by Gasteiger charge is 2.16. The summed E-state index contributed by atoms with van der Waals surface area (Å²) in [7, 11) is 0. The van der Waals surface area contributed by atoms with Gasteiger partial charge in [-0.15, -0.1) is 0 Å². The number of hydrogen-bond acceptors (Lipinski definition) is 4. The Morgan fingerprint density at radius 2 is 2.22 bits per heavy atom. The number of alkyl halides is 2. The molecule has 0 atom stereocenters. The topological polar surface area (TPSA) is 46.3 Å². The average Bonchev–Trinajstić information content (AvgIpc) is 2.74. The van der Waals surface area contributed by atoms with Crippen LogP contribution < -0.4 is 4.90 Å². The molecule has 0 unspecified atom stereocenters. The van der Waals surface area contributed by atoms with Crippen molar-refractivity contribution < 1.29 is 8.78 Å². The fourth-order valence-corrected chi connectivity index (χ4v) is 1.87. The molecule has 2 heterocycles. The van der Waals surface area contributed by atoms with E-state index in [1.165, 1.54) is 10.8 Å². The van der Waals surface area contributed by atoms with Gasteiger partial charge in [-0.05, 0) is 13.3 Å². The lowest BCUT2D eigenvalue weighted by atomic mass is 10.3. The molecule has 0 aliphatic carbocycles. The van der Waals surface area contributed by atoms with Gasteiger partial charge in [-0.2, -0.15) is 14.6 Å². The van der Waals surface area contributed by atoms with Crippen molar-refractivity contribution in [2.75, 3.05) is 18.0 Å². The minimum absolute atomic E-state index is 0.313. The lowest BCUT2D eigenvalue weighted by Gasteiger charge is -2.24. The van der Waals surface area contributed by atoms with E-state index < -0.39 is 6.43 Å². The molecule has 2 aromatic rings. The van der Waals surface area contributed by atoms with Crippen LogP contribution in [-0.2, 0) is 0 Å². The van der Waals surface area contributed by atoms with Gasteiger partial charge in [0.15, 0.2) is 0 Å². The van der Waals surface area contributed by atoms with Crippen molar-refractivity contribution in [2.24, 2.45) is 0 Å². The van der Waals surface area contributed by atoms with Gasteiger partial charge in [0.2, 0.25) is 0 Å². The molecule has 0 aromatic carbocycles. The Bertz CT molecular complexity index is 525. The Labute approximate surface area is 103 Å². The fourth-order valence-electron chi connectivity index (χ4n) is 1.87. The third kappa shape index (κ3) is 2.55. The van der Waals surface area contributed by atoms with Crippen molar-refractivity contribution in [3.63, 3.8) is 0 Å². The molecule has 0 saturated heterocycles. The van der Waals surface area contributed by atoms with E-state index in [4.69, 9.17) is 0 Å². The summed E-state index contributed by atoms with van der Waals surface area (Å²) in [6.07, 6.45) is -0.231. The smallest absolute Gasteiger partial charge is 0.255 e. The zero-order valence-electron chi connectivity index (χ0n) is 10.3. The predicted molar refractivity (Wildman–Crippen MR) is 64.0 cm³/mol. The summed E-state index contributed by atoms with van der Waals surface area (Å²) in [5.74, 6) is 1.04. The van der Waals surface area contributed by atoms with Crippen molar-refractivity contribution >= 4 is 11.6 Å². The maximum Gasteiger partial charge on any atom is 0.255 e. The van der Waals surface area contributed by atoms with E-state index in [9.17, 15) is 8.78 Å². The monoisotopic (exact) mass is 255 g/mol. The summed E-state index contributed by atoms with van der Waals surface area (Å²) in [6.45, 7) is 3.99. The normalized spacial score (nSPS) is 11.4. The second-order valence-corrected chi connectivity index (χ2v) is 4.06. The molecule has 0 saturated carbocycles. The van der Waals surface area contributed by atoms with Gasteiger partial charge in [0, 0.05) is 18.3 Å². The minimum Gasteiger partial charge on any atom is -0.351 e. The quantitative estimate of drug-likeness (QED) is 0.818. The number of aromatic nitrogens is 4. The molecule has 0 bridgehead atoms. The number of hydrogen-bond donors (Lipinski definition) is 0. The van der Waals surface area contributed by atoms with Gasteiger partial charge in [-0.3, -0.25) is 0 Å². The standard InChI is InChI=1S/C11H15F2N5/c1-3-4-17(6-9(12)13)10-5-8(2)16-11-14-7-15-18(10)11/h5,7,9H,3-4,6H2,1-2H3. The fraction of sp³-hybridized carbons (Fsp3) is 0.545. The highest BCUT2D eigenvalue weighted by atomic mass is 19.3. The molecule has 5 nitrogen and oxygen atoms in total. The second-order valence-electron chi connectivity index (χ2n) is 4.06. The molecular formula is C11H15F2N5. The largest absolute Gasteiger partial charge is 0.351 e. The van der Waals surface area contributed by atoms with Gasteiger partial charge in [-0.1, -0.05) is 6.92 Å². The summed E-state index contributed by atoms with van der Waals surface area (Å²) in [4.78, 5) is 9.79. The molecule has 0 N–H and O–H groups in total. The third-order valence-electron chi connectivity index (χ3n) is 2.54. The summed E-state index contributed by atoms with van der Waals surface area (Å²) in [5, 5.41) is 4.03. The first-order valence-electron chi connectivity index (χ1n) is 5.82. The van der Waals surface area contributed by atoms with Gasteiger partial charge in [0.25, 0.3) is 12.2 Å². The van der Waals surface area contributed by atoms with Gasteiger partial charge in [-0.25, -0.2) is 13.8 Å². The molecule has 98 valence electrons. The van der Waals surface area contributed by atoms with Crippen molar-refractivity contribution in [3.8, 4) is 0 Å². The van der Waals surface area contributed by atoms with Crippen LogP contribution in [0.25, 0.3) is 5.78 Å². The molecule has 0 spiro atoms. The first-order chi connectivity index (χ1) is 8.61. The van der Waals surface area contributed by atoms with E-state index >= 15 is 0 Å². The van der Waals surface area contributed by atoms with Crippen molar-refractivity contribution in [2.45, 2.75) is 26.7 Å². The van der Waals surface area contributed by atoms with Crippen LogP contribution in [0.1, 0.15) is 19.0 Å². The van der Waals surface area contributed by atoms with Crippen LogP contribution in [0.15, 0.2) is 12.4 Å². The van der Waals surface area contributed by atoms with Crippen molar-refractivity contribution in [1.82, 2.24) is 19.6 Å². The number of anilines is 1. The van der Waals surface area contributed by atoms with Crippen LogP contribution in [0.3, 0.4) is 0 Å². The summed E-state index contributed by atoms with van der Waals surface area (Å²) in [6, 6.07) is 1.75. The van der Waals surface area contributed by atoms with Crippen LogP contribution in [-0.4, -0.2) is 39.1 Å². The molecule has 2 aromatic heterocycles. The van der Waals surface area contributed by atoms with E-state index in [-0.39, 0.29) is 6.54 Å². The number of rotatable bonds is 5. The van der Waals surface area contributed by atoms with E-state index in [1.807, 2.05) is 13.8 Å². The first kappa shape index (κ1) is 12.7. The van der Waals surface area contributed by atoms with Gasteiger partial charge in [0.1, 0.15) is 12.1 Å². The van der Waals surface area contributed by atoms with Gasteiger partial charge in [0.05, 0.1) is 6.54 Å². The second kappa shape index (κ2) is 5.24. The summed E-state index contributed by atoms with van der Waals surface area (Å²) < 4.78 is 26.7. The average molecular weight is 255 g/mol. The molecule has 18 heavy (non-hydrogen) atoms. The number of aryl methyl sites for hydroxylation is 1. The molecule has 0 fully saturated rings. The van der Waals surface area contributed by atoms with E-state index in [2.05, 4.69) is 15.1 Å². The molecule has 0 aliphatic rings. The molecular weight excluding hydrogens is 240 g/mol. The van der Waals surface area contributed by atoms with E-state index in [1.54, 1.807) is 11.0 Å². The maximum absolute atomic E-state index is 12.6. The minimum atomic E-state index is -2.39. The molecule has 7 heteroatoms. The lowest BCUT2D eigenvalue weighted by Crippen LogP contribution is -2.31. The Balaban J connectivity index is 2.44. The third-order valence-corrected chi connectivity index (χ3v) is 2.54. The molecule has 0 amide bonds. The van der Waals surface area contributed by atoms with E-state index in [0.29, 0.717) is 18.1 Å². The van der Waals surface area contributed by atoms with Crippen LogP contribution >= 0.6 is 0 Å². The first-order valence-corrected chi connectivity index (χ1v) is 5.82. The lowest BCUT2D eigenvalue weighted by molar-refractivity contribution is 0.154. The van der Waals surface area contributed by atoms with Crippen LogP contribution in [0.4, 0.5) is 14.6 Å². The SMILES string of the molecule is CCCN(CC(F)F)c1cc(C)nc2ncnn12. The zero-order valence-corrected chi connectivity index (χ0v) is 10.3.